The molecule has 0 aliphatic rings. The van der Waals surface area contributed by atoms with Crippen molar-refractivity contribution >= 4 is 22.8 Å². The van der Waals surface area contributed by atoms with Gasteiger partial charge in [0.15, 0.2) is 6.61 Å². The summed E-state index contributed by atoms with van der Waals surface area (Å²) in [6.45, 7) is 1.29. The van der Waals surface area contributed by atoms with Crippen LogP contribution in [0.3, 0.4) is 0 Å². The number of carbonyl (C=O) groups excluding carboxylic acids is 2. The Labute approximate surface area is 159 Å². The van der Waals surface area contributed by atoms with Gasteiger partial charge in [0, 0.05) is 6.54 Å². The molecule has 6 nitrogen and oxygen atoms in total. The number of hydrogen-bond donors (Lipinski definition) is 0. The van der Waals surface area contributed by atoms with Crippen LogP contribution >= 0.6 is 0 Å². The minimum atomic E-state index is -0.902. The van der Waals surface area contributed by atoms with E-state index in [2.05, 4.69) is 0 Å². The summed E-state index contributed by atoms with van der Waals surface area (Å²) in [5.41, 5.74) is 0.410. The van der Waals surface area contributed by atoms with Gasteiger partial charge in [0.25, 0.3) is 0 Å². The number of carbonyl (C=O) groups is 2. The summed E-state index contributed by atoms with van der Waals surface area (Å²) < 4.78 is 34.5. The average molecular weight is 388 g/mol. The van der Waals surface area contributed by atoms with Gasteiger partial charge < -0.3 is 4.74 Å². The smallest absolute Gasteiger partial charge is 0.329 e. The fourth-order valence-corrected chi connectivity index (χ4v) is 2.97. The SMILES string of the molecule is CCCn1c(=O)n(CC(=O)OCC(=O)c2cc(F)ccc2F)c2ccccc21. The third-order valence-electron chi connectivity index (χ3n) is 4.25. The van der Waals surface area contributed by atoms with E-state index >= 15 is 0 Å². The maximum atomic E-state index is 13.6. The molecule has 0 radical (unpaired) electrons. The van der Waals surface area contributed by atoms with Crippen LogP contribution in [-0.2, 0) is 22.6 Å². The number of hydrogen-bond acceptors (Lipinski definition) is 4. The van der Waals surface area contributed by atoms with Crippen LogP contribution in [0.15, 0.2) is 47.3 Å². The average Bonchev–Trinajstić information content (AvgIpc) is 2.94. The van der Waals surface area contributed by atoms with Crippen LogP contribution < -0.4 is 5.69 Å². The molecular weight excluding hydrogens is 370 g/mol. The molecule has 146 valence electrons. The normalized spacial score (nSPS) is 11.0. The molecule has 0 bridgehead atoms. The van der Waals surface area contributed by atoms with E-state index in [9.17, 15) is 23.2 Å². The van der Waals surface area contributed by atoms with Gasteiger partial charge in [0.1, 0.15) is 18.2 Å². The minimum absolute atomic E-state index is 0.359. The summed E-state index contributed by atoms with van der Waals surface area (Å²) in [7, 11) is 0. The van der Waals surface area contributed by atoms with Crippen molar-refractivity contribution in [3.05, 3.63) is 70.1 Å². The highest BCUT2D eigenvalue weighted by Crippen LogP contribution is 2.14. The molecule has 0 saturated heterocycles. The molecule has 8 heteroatoms. The van der Waals surface area contributed by atoms with Crippen LogP contribution in [0.1, 0.15) is 23.7 Å². The third kappa shape index (κ3) is 3.85. The fraction of sp³-hybridized carbons (Fsp3) is 0.250. The number of para-hydroxylation sites is 2. The second-order valence-electron chi connectivity index (χ2n) is 6.22. The van der Waals surface area contributed by atoms with Crippen molar-refractivity contribution in [3.63, 3.8) is 0 Å². The molecule has 1 aromatic heterocycles. The number of ketones is 1. The van der Waals surface area contributed by atoms with E-state index in [1.807, 2.05) is 6.92 Å². The Balaban J connectivity index is 1.75. The highest BCUT2D eigenvalue weighted by Gasteiger charge is 2.18. The maximum Gasteiger partial charge on any atom is 0.329 e. The zero-order valence-electron chi connectivity index (χ0n) is 15.2. The van der Waals surface area contributed by atoms with Gasteiger partial charge in [-0.25, -0.2) is 13.6 Å². The number of ether oxygens (including phenoxy) is 1. The van der Waals surface area contributed by atoms with Crippen LogP contribution in [0.2, 0.25) is 0 Å². The van der Waals surface area contributed by atoms with Crippen molar-refractivity contribution in [1.82, 2.24) is 9.13 Å². The lowest BCUT2D eigenvalue weighted by Gasteiger charge is -2.06. The number of imidazole rings is 1. The lowest BCUT2D eigenvalue weighted by Crippen LogP contribution is -2.28. The van der Waals surface area contributed by atoms with Crippen molar-refractivity contribution in [2.45, 2.75) is 26.4 Å². The van der Waals surface area contributed by atoms with Crippen LogP contribution in [0.4, 0.5) is 8.78 Å². The van der Waals surface area contributed by atoms with E-state index < -0.39 is 42.1 Å². The number of aromatic nitrogens is 2. The first-order valence-corrected chi connectivity index (χ1v) is 8.74. The Morgan fingerprint density at radius 3 is 2.39 bits per heavy atom. The van der Waals surface area contributed by atoms with Gasteiger partial charge in [0.2, 0.25) is 5.78 Å². The van der Waals surface area contributed by atoms with Crippen molar-refractivity contribution < 1.29 is 23.1 Å². The zero-order valence-corrected chi connectivity index (χ0v) is 15.2. The Bertz CT molecular complexity index is 1100. The van der Waals surface area contributed by atoms with E-state index in [0.717, 1.165) is 24.6 Å². The monoisotopic (exact) mass is 388 g/mol. The van der Waals surface area contributed by atoms with Gasteiger partial charge in [-0.2, -0.15) is 0 Å². The molecular formula is C20H18F2N2O4. The summed E-state index contributed by atoms with van der Waals surface area (Å²) in [5.74, 6) is -3.37. The molecule has 0 amide bonds. The number of esters is 1. The third-order valence-corrected chi connectivity index (χ3v) is 4.25. The summed E-state index contributed by atoms with van der Waals surface area (Å²) in [4.78, 5) is 36.8. The standard InChI is InChI=1S/C20H18F2N2O4/c1-2-9-23-16-5-3-4-6-17(16)24(20(23)27)11-19(26)28-12-18(25)14-10-13(21)7-8-15(14)22/h3-8,10H,2,9,11-12H2,1H3. The highest BCUT2D eigenvalue weighted by molar-refractivity contribution is 5.98. The molecule has 0 saturated carbocycles. The summed E-state index contributed by atoms with van der Waals surface area (Å²) in [6.07, 6.45) is 0.742. The zero-order chi connectivity index (χ0) is 20.3. The largest absolute Gasteiger partial charge is 0.456 e. The van der Waals surface area contributed by atoms with E-state index in [0.29, 0.717) is 17.6 Å². The van der Waals surface area contributed by atoms with E-state index in [4.69, 9.17) is 4.74 Å². The Morgan fingerprint density at radius 1 is 1.04 bits per heavy atom. The van der Waals surface area contributed by atoms with Crippen LogP contribution in [-0.4, -0.2) is 27.5 Å². The van der Waals surface area contributed by atoms with Gasteiger partial charge >= 0.3 is 11.7 Å². The number of benzene rings is 2. The highest BCUT2D eigenvalue weighted by atomic mass is 19.1. The molecule has 1 heterocycles. The molecule has 0 atom stereocenters. The van der Waals surface area contributed by atoms with Crippen molar-refractivity contribution in [2.24, 2.45) is 0 Å². The van der Waals surface area contributed by atoms with E-state index in [1.165, 1.54) is 4.57 Å². The molecule has 28 heavy (non-hydrogen) atoms. The molecule has 0 spiro atoms. The topological polar surface area (TPSA) is 70.3 Å². The number of aryl methyl sites for hydroxylation is 1. The molecule has 0 unspecified atom stereocenters. The number of nitrogens with zero attached hydrogens (tertiary/aromatic N) is 2. The molecule has 0 N–H and O–H groups in total. The minimum Gasteiger partial charge on any atom is -0.456 e. The van der Waals surface area contributed by atoms with Crippen molar-refractivity contribution in [3.8, 4) is 0 Å². The second-order valence-corrected chi connectivity index (χ2v) is 6.22. The van der Waals surface area contributed by atoms with Crippen molar-refractivity contribution in [1.29, 1.82) is 0 Å². The summed E-state index contributed by atoms with van der Waals surface area (Å²) in [6, 6.07) is 9.49. The molecule has 0 aliphatic carbocycles. The Morgan fingerprint density at radius 2 is 1.71 bits per heavy atom. The quantitative estimate of drug-likeness (QED) is 0.461. The number of halogens is 2. The fourth-order valence-electron chi connectivity index (χ4n) is 2.97. The van der Waals surface area contributed by atoms with Gasteiger partial charge in [0.05, 0.1) is 16.6 Å². The number of Topliss-reactive ketones (excluding diaryl/α,β-unsaturated/α-hetero) is 1. The number of rotatable bonds is 7. The molecule has 2 aromatic carbocycles. The summed E-state index contributed by atoms with van der Waals surface area (Å²) in [5, 5.41) is 0. The van der Waals surface area contributed by atoms with Gasteiger partial charge in [-0.15, -0.1) is 0 Å². The molecule has 0 fully saturated rings. The van der Waals surface area contributed by atoms with Crippen LogP contribution in [0, 0.1) is 11.6 Å². The Hall–Kier alpha value is -3.29. The van der Waals surface area contributed by atoms with Crippen molar-refractivity contribution in [2.75, 3.05) is 6.61 Å². The van der Waals surface area contributed by atoms with Gasteiger partial charge in [-0.1, -0.05) is 19.1 Å². The second kappa shape index (κ2) is 8.16. The van der Waals surface area contributed by atoms with E-state index in [-0.39, 0.29) is 5.69 Å². The van der Waals surface area contributed by atoms with Crippen LogP contribution in [0.5, 0.6) is 0 Å². The number of fused-ring (bicyclic) bond motifs is 1. The lowest BCUT2D eigenvalue weighted by molar-refractivity contribution is -0.143. The first-order valence-electron chi connectivity index (χ1n) is 8.74. The molecule has 0 aliphatic heterocycles. The lowest BCUT2D eigenvalue weighted by atomic mass is 10.1. The first-order chi connectivity index (χ1) is 13.4. The maximum absolute atomic E-state index is 13.6. The van der Waals surface area contributed by atoms with Gasteiger partial charge in [-0.3, -0.25) is 18.7 Å². The van der Waals surface area contributed by atoms with E-state index in [1.54, 1.807) is 28.8 Å². The Kier molecular flexibility index (Phi) is 5.67. The molecule has 3 rings (SSSR count). The first kappa shape index (κ1) is 19.5. The predicted molar refractivity (Wildman–Crippen MR) is 98.1 cm³/mol. The molecule has 3 aromatic rings. The predicted octanol–water partition coefficient (Wildman–Crippen LogP) is 2.92. The summed E-state index contributed by atoms with van der Waals surface area (Å²) >= 11 is 0. The van der Waals surface area contributed by atoms with Gasteiger partial charge in [-0.05, 0) is 36.8 Å². The van der Waals surface area contributed by atoms with Crippen LogP contribution in [0.25, 0.3) is 11.0 Å².